The van der Waals surface area contributed by atoms with E-state index in [2.05, 4.69) is 5.10 Å². The molecule has 0 aliphatic heterocycles. The number of ketones is 1. The maximum absolute atomic E-state index is 12.3. The molecule has 1 aromatic carbocycles. The van der Waals surface area contributed by atoms with Gasteiger partial charge in [-0.15, -0.1) is 0 Å². The van der Waals surface area contributed by atoms with Crippen LogP contribution in [0.2, 0.25) is 0 Å². The summed E-state index contributed by atoms with van der Waals surface area (Å²) in [5, 5.41) is 13.2. The van der Waals surface area contributed by atoms with Gasteiger partial charge in [-0.2, -0.15) is 10.4 Å². The average Bonchev–Trinajstić information content (AvgIpc) is 2.86. The van der Waals surface area contributed by atoms with E-state index >= 15 is 0 Å². The fourth-order valence-corrected chi connectivity index (χ4v) is 1.82. The van der Waals surface area contributed by atoms with Gasteiger partial charge >= 0.3 is 0 Å². The van der Waals surface area contributed by atoms with Crippen molar-refractivity contribution in [2.75, 3.05) is 7.11 Å². The first kappa shape index (κ1) is 12.8. The van der Waals surface area contributed by atoms with Crippen LogP contribution in [0.4, 0.5) is 0 Å². The molecule has 1 aromatic heterocycles. The number of Topliss-reactive ketones (excluding diaryl/α,β-unsaturated/α-hetero) is 1. The van der Waals surface area contributed by atoms with E-state index in [4.69, 9.17) is 4.74 Å². The minimum absolute atomic E-state index is 0.260. The molecule has 19 heavy (non-hydrogen) atoms. The Morgan fingerprint density at radius 1 is 1.53 bits per heavy atom. The molecule has 0 saturated carbocycles. The second-order valence-corrected chi connectivity index (χ2v) is 4.11. The fraction of sp³-hybridized carbons (Fsp3) is 0.214. The number of benzene rings is 1. The molecule has 0 N–H and O–H groups in total. The minimum atomic E-state index is -0.848. The Bertz CT molecular complexity index is 640. The normalized spacial score (nSPS) is 11.6. The molecule has 0 saturated heterocycles. The summed E-state index contributed by atoms with van der Waals surface area (Å²) in [6.45, 7) is 0. The summed E-state index contributed by atoms with van der Waals surface area (Å²) in [6, 6.07) is 9.00. The van der Waals surface area contributed by atoms with Gasteiger partial charge in [0, 0.05) is 13.2 Å². The van der Waals surface area contributed by atoms with Crippen molar-refractivity contribution in [2.24, 2.45) is 7.05 Å². The number of carbonyl (C=O) groups excluding carboxylic acids is 1. The summed E-state index contributed by atoms with van der Waals surface area (Å²) >= 11 is 0. The summed E-state index contributed by atoms with van der Waals surface area (Å²) in [7, 11) is 3.27. The molecule has 0 fully saturated rings. The Balaban J connectivity index is 2.34. The lowest BCUT2D eigenvalue weighted by molar-refractivity contribution is 0.0979. The number of methoxy groups -OCH3 is 1. The monoisotopic (exact) mass is 255 g/mol. The third-order valence-electron chi connectivity index (χ3n) is 2.81. The van der Waals surface area contributed by atoms with E-state index in [1.165, 1.54) is 10.9 Å². The zero-order valence-electron chi connectivity index (χ0n) is 10.7. The van der Waals surface area contributed by atoms with Gasteiger partial charge in [-0.3, -0.25) is 9.48 Å². The van der Waals surface area contributed by atoms with Crippen LogP contribution in [0.25, 0.3) is 0 Å². The predicted octanol–water partition coefficient (Wildman–Crippen LogP) is 1.92. The highest BCUT2D eigenvalue weighted by atomic mass is 16.5. The molecule has 0 aliphatic carbocycles. The highest BCUT2D eigenvalue weighted by molar-refractivity contribution is 6.02. The Hall–Kier alpha value is -2.61. The van der Waals surface area contributed by atoms with E-state index in [-0.39, 0.29) is 5.78 Å². The molecule has 0 radical (unpaired) electrons. The lowest BCUT2D eigenvalue weighted by atomic mass is 9.93. The standard InChI is InChI=1S/C14H13N3O2/c1-17-9-11(8-16-17)14(18)13(7-15)10-4-3-5-12(6-10)19-2/h3-6,8-9,13H,1-2H3. The highest BCUT2D eigenvalue weighted by Gasteiger charge is 2.23. The summed E-state index contributed by atoms with van der Waals surface area (Å²) < 4.78 is 6.64. The summed E-state index contributed by atoms with van der Waals surface area (Å²) in [4.78, 5) is 12.3. The first-order valence-electron chi connectivity index (χ1n) is 5.72. The smallest absolute Gasteiger partial charge is 0.187 e. The van der Waals surface area contributed by atoms with Crippen LogP contribution in [-0.2, 0) is 7.05 Å². The third-order valence-corrected chi connectivity index (χ3v) is 2.81. The zero-order chi connectivity index (χ0) is 13.8. The van der Waals surface area contributed by atoms with Crippen LogP contribution in [0.1, 0.15) is 21.8 Å². The van der Waals surface area contributed by atoms with Gasteiger partial charge in [0.2, 0.25) is 0 Å². The molecule has 96 valence electrons. The molecule has 0 spiro atoms. The maximum atomic E-state index is 12.3. The topological polar surface area (TPSA) is 67.9 Å². The van der Waals surface area contributed by atoms with E-state index in [1.807, 2.05) is 6.07 Å². The Labute approximate surface area is 111 Å². The van der Waals surface area contributed by atoms with Crippen molar-refractivity contribution in [3.63, 3.8) is 0 Å². The van der Waals surface area contributed by atoms with Crippen LogP contribution in [0, 0.1) is 11.3 Å². The van der Waals surface area contributed by atoms with Gasteiger partial charge in [0.25, 0.3) is 0 Å². The summed E-state index contributed by atoms with van der Waals surface area (Å²) in [5.74, 6) is -0.486. The van der Waals surface area contributed by atoms with E-state index in [9.17, 15) is 10.1 Å². The first-order chi connectivity index (χ1) is 9.15. The van der Waals surface area contributed by atoms with Crippen molar-refractivity contribution in [3.05, 3.63) is 47.8 Å². The van der Waals surface area contributed by atoms with Crippen molar-refractivity contribution < 1.29 is 9.53 Å². The molecular formula is C14H13N3O2. The van der Waals surface area contributed by atoms with Crippen LogP contribution in [-0.4, -0.2) is 22.7 Å². The zero-order valence-corrected chi connectivity index (χ0v) is 10.7. The van der Waals surface area contributed by atoms with Gasteiger partial charge in [0.05, 0.1) is 24.9 Å². The second-order valence-electron chi connectivity index (χ2n) is 4.11. The van der Waals surface area contributed by atoms with E-state index in [0.717, 1.165) is 0 Å². The molecule has 1 heterocycles. The van der Waals surface area contributed by atoms with Crippen molar-refractivity contribution >= 4 is 5.78 Å². The van der Waals surface area contributed by atoms with Crippen molar-refractivity contribution in [3.8, 4) is 11.8 Å². The highest BCUT2D eigenvalue weighted by Crippen LogP contribution is 2.23. The molecule has 5 heteroatoms. The Kier molecular flexibility index (Phi) is 3.62. The van der Waals surface area contributed by atoms with Crippen molar-refractivity contribution in [1.29, 1.82) is 5.26 Å². The molecule has 0 amide bonds. The number of nitrogens with zero attached hydrogens (tertiary/aromatic N) is 3. The largest absolute Gasteiger partial charge is 0.497 e. The maximum Gasteiger partial charge on any atom is 0.187 e. The fourth-order valence-electron chi connectivity index (χ4n) is 1.82. The average molecular weight is 255 g/mol. The summed E-state index contributed by atoms with van der Waals surface area (Å²) in [6.07, 6.45) is 3.07. The number of aromatic nitrogens is 2. The van der Waals surface area contributed by atoms with Crippen LogP contribution in [0.5, 0.6) is 5.75 Å². The lowest BCUT2D eigenvalue weighted by Crippen LogP contribution is -2.10. The van der Waals surface area contributed by atoms with Gasteiger partial charge in [0.1, 0.15) is 11.7 Å². The van der Waals surface area contributed by atoms with E-state index in [1.54, 1.807) is 44.6 Å². The van der Waals surface area contributed by atoms with Crippen LogP contribution >= 0.6 is 0 Å². The summed E-state index contributed by atoms with van der Waals surface area (Å²) in [5.41, 5.74) is 1.05. The molecule has 1 atom stereocenters. The number of aryl methyl sites for hydroxylation is 1. The van der Waals surface area contributed by atoms with Gasteiger partial charge in [-0.25, -0.2) is 0 Å². The number of carbonyl (C=O) groups is 1. The molecule has 2 rings (SSSR count). The lowest BCUT2D eigenvalue weighted by Gasteiger charge is -2.08. The van der Waals surface area contributed by atoms with Crippen LogP contribution < -0.4 is 4.74 Å². The number of nitriles is 1. The number of ether oxygens (including phenoxy) is 1. The van der Waals surface area contributed by atoms with Gasteiger partial charge in [-0.05, 0) is 17.7 Å². The van der Waals surface area contributed by atoms with Gasteiger partial charge < -0.3 is 4.74 Å². The predicted molar refractivity (Wildman–Crippen MR) is 68.9 cm³/mol. The number of rotatable bonds is 4. The number of hydrogen-bond donors (Lipinski definition) is 0. The Morgan fingerprint density at radius 3 is 2.89 bits per heavy atom. The van der Waals surface area contributed by atoms with Crippen LogP contribution in [0.3, 0.4) is 0 Å². The third kappa shape index (κ3) is 2.63. The van der Waals surface area contributed by atoms with E-state index < -0.39 is 5.92 Å². The SMILES string of the molecule is COc1cccc(C(C#N)C(=O)c2cnn(C)c2)c1. The van der Waals surface area contributed by atoms with Crippen molar-refractivity contribution in [2.45, 2.75) is 5.92 Å². The molecule has 2 aromatic rings. The molecule has 1 unspecified atom stereocenters. The molecule has 0 bridgehead atoms. The molecule has 0 aliphatic rings. The minimum Gasteiger partial charge on any atom is -0.497 e. The quantitative estimate of drug-likeness (QED) is 0.783. The molecule has 5 nitrogen and oxygen atoms in total. The van der Waals surface area contributed by atoms with Crippen molar-refractivity contribution in [1.82, 2.24) is 9.78 Å². The number of hydrogen-bond acceptors (Lipinski definition) is 4. The first-order valence-corrected chi connectivity index (χ1v) is 5.72. The molecular weight excluding hydrogens is 242 g/mol. The second kappa shape index (κ2) is 5.36. The van der Waals surface area contributed by atoms with E-state index in [0.29, 0.717) is 16.9 Å². The Morgan fingerprint density at radius 2 is 2.32 bits per heavy atom. The van der Waals surface area contributed by atoms with Gasteiger partial charge in [0.15, 0.2) is 5.78 Å². The van der Waals surface area contributed by atoms with Crippen LogP contribution in [0.15, 0.2) is 36.7 Å². The van der Waals surface area contributed by atoms with Gasteiger partial charge in [-0.1, -0.05) is 12.1 Å².